The van der Waals surface area contributed by atoms with Gasteiger partial charge in [0, 0.05) is 12.7 Å². The van der Waals surface area contributed by atoms with E-state index in [9.17, 15) is 0 Å². The highest BCUT2D eigenvalue weighted by molar-refractivity contribution is 9.11. The molecule has 15 heavy (non-hydrogen) atoms. The fourth-order valence-electron chi connectivity index (χ4n) is 1.46. The second kappa shape index (κ2) is 5.40. The van der Waals surface area contributed by atoms with Crippen LogP contribution in [0.3, 0.4) is 0 Å². The summed E-state index contributed by atoms with van der Waals surface area (Å²) >= 11 is 3.42. The second-order valence-electron chi connectivity index (χ2n) is 3.71. The molecule has 84 valence electrons. The van der Waals surface area contributed by atoms with Crippen LogP contribution in [-0.2, 0) is 4.74 Å². The molecule has 1 atom stereocenters. The average Bonchev–Trinajstić information content (AvgIpc) is 2.50. The molecule has 1 aliphatic rings. The van der Waals surface area contributed by atoms with Crippen LogP contribution in [0, 0.1) is 0 Å². The summed E-state index contributed by atoms with van der Waals surface area (Å²) in [5.41, 5.74) is 2.45. The Morgan fingerprint density at radius 1 is 1.60 bits per heavy atom. The molecule has 0 saturated heterocycles. The zero-order valence-electron chi connectivity index (χ0n) is 9.75. The summed E-state index contributed by atoms with van der Waals surface area (Å²) in [4.78, 5) is 2.15. The van der Waals surface area contributed by atoms with Crippen LogP contribution in [-0.4, -0.2) is 18.2 Å². The van der Waals surface area contributed by atoms with Crippen LogP contribution < -0.4 is 0 Å². The monoisotopic (exact) mass is 271 g/mol. The molecule has 1 rings (SSSR count). The predicted molar refractivity (Wildman–Crippen MR) is 67.5 cm³/mol. The Morgan fingerprint density at radius 2 is 2.27 bits per heavy atom. The van der Waals surface area contributed by atoms with Gasteiger partial charge in [-0.25, -0.2) is 0 Å². The summed E-state index contributed by atoms with van der Waals surface area (Å²) < 4.78 is 6.74. The van der Waals surface area contributed by atoms with Crippen molar-refractivity contribution in [2.45, 2.75) is 33.4 Å². The minimum Gasteiger partial charge on any atom is -0.472 e. The van der Waals surface area contributed by atoms with E-state index in [1.807, 2.05) is 13.2 Å². The van der Waals surface area contributed by atoms with Crippen molar-refractivity contribution in [1.29, 1.82) is 0 Å². The molecule has 0 bridgehead atoms. The smallest absolute Gasteiger partial charge is 0.193 e. The molecule has 3 heteroatoms. The van der Waals surface area contributed by atoms with Gasteiger partial charge in [0.1, 0.15) is 6.26 Å². The first-order valence-corrected chi connectivity index (χ1v) is 5.93. The summed E-state index contributed by atoms with van der Waals surface area (Å²) in [7, 11) is 2.05. The Balaban J connectivity index is 2.78. The van der Waals surface area contributed by atoms with E-state index < -0.39 is 0 Å². The number of halogens is 1. The van der Waals surface area contributed by atoms with Crippen molar-refractivity contribution in [2.24, 2.45) is 0 Å². The number of ether oxygens (including phenoxy) is 1. The maximum Gasteiger partial charge on any atom is 0.193 e. The van der Waals surface area contributed by atoms with E-state index in [2.05, 4.69) is 53.9 Å². The molecular formula is C12H18BrNO. The highest BCUT2D eigenvalue weighted by Crippen LogP contribution is 2.24. The van der Waals surface area contributed by atoms with Gasteiger partial charge in [-0.3, -0.25) is 0 Å². The predicted octanol–water partition coefficient (Wildman–Crippen LogP) is 3.77. The van der Waals surface area contributed by atoms with E-state index in [4.69, 9.17) is 4.74 Å². The van der Waals surface area contributed by atoms with Crippen molar-refractivity contribution < 1.29 is 4.74 Å². The van der Waals surface area contributed by atoms with Crippen LogP contribution in [0.4, 0.5) is 0 Å². The number of hydrogen-bond donors (Lipinski definition) is 0. The van der Waals surface area contributed by atoms with Gasteiger partial charge in [-0.1, -0.05) is 35.0 Å². The van der Waals surface area contributed by atoms with Crippen molar-refractivity contribution in [3.8, 4) is 0 Å². The highest BCUT2D eigenvalue weighted by Gasteiger charge is 2.23. The first-order chi connectivity index (χ1) is 7.06. The van der Waals surface area contributed by atoms with Crippen molar-refractivity contribution >= 4 is 15.9 Å². The molecule has 1 aliphatic heterocycles. The van der Waals surface area contributed by atoms with E-state index in [0.717, 1.165) is 10.9 Å². The van der Waals surface area contributed by atoms with Gasteiger partial charge in [-0.2, -0.15) is 0 Å². The minimum atomic E-state index is 0.0677. The number of allylic oxidation sites excluding steroid dienone is 4. The van der Waals surface area contributed by atoms with Crippen LogP contribution in [0.25, 0.3) is 0 Å². The first kappa shape index (κ1) is 12.4. The van der Waals surface area contributed by atoms with Crippen LogP contribution in [0.15, 0.2) is 34.2 Å². The van der Waals surface area contributed by atoms with Crippen molar-refractivity contribution in [1.82, 2.24) is 4.90 Å². The Labute approximate surface area is 100 Å². The van der Waals surface area contributed by atoms with Gasteiger partial charge in [0.05, 0.1) is 0 Å². The van der Waals surface area contributed by atoms with E-state index >= 15 is 0 Å². The normalized spacial score (nSPS) is 22.9. The third-order valence-electron chi connectivity index (χ3n) is 2.53. The molecule has 0 N–H and O–H groups in total. The SMILES string of the molecule is CC/C(=C\C=C(/C)Br)C1OC=C(C)N1C. The van der Waals surface area contributed by atoms with Gasteiger partial charge in [-0.05, 0) is 30.3 Å². The standard InChI is InChI=1S/C12H18BrNO/c1-5-11(7-6-9(2)13)12-14(4)10(3)8-15-12/h6-8,12H,5H2,1-4H3/b9-6+,11-7+. The molecule has 0 radical (unpaired) electrons. The maximum absolute atomic E-state index is 5.61. The van der Waals surface area contributed by atoms with Crippen molar-refractivity contribution in [3.63, 3.8) is 0 Å². The van der Waals surface area contributed by atoms with Crippen LogP contribution >= 0.6 is 15.9 Å². The molecule has 0 saturated carbocycles. The van der Waals surface area contributed by atoms with Gasteiger partial charge in [0.25, 0.3) is 0 Å². The summed E-state index contributed by atoms with van der Waals surface area (Å²) in [6.07, 6.45) is 7.06. The second-order valence-corrected chi connectivity index (χ2v) is 4.96. The first-order valence-electron chi connectivity index (χ1n) is 5.14. The van der Waals surface area contributed by atoms with E-state index in [-0.39, 0.29) is 6.23 Å². The van der Waals surface area contributed by atoms with E-state index in [1.54, 1.807) is 0 Å². The molecular weight excluding hydrogens is 254 g/mol. The third-order valence-corrected chi connectivity index (χ3v) is 2.79. The number of nitrogens with zero attached hydrogens (tertiary/aromatic N) is 1. The lowest BCUT2D eigenvalue weighted by Crippen LogP contribution is -2.28. The number of rotatable bonds is 3. The Bertz CT molecular complexity index is 314. The van der Waals surface area contributed by atoms with Crippen LogP contribution in [0.5, 0.6) is 0 Å². The summed E-state index contributed by atoms with van der Waals surface area (Å²) in [6, 6.07) is 0. The summed E-state index contributed by atoms with van der Waals surface area (Å²) in [5, 5.41) is 0. The lowest BCUT2D eigenvalue weighted by atomic mass is 10.1. The lowest BCUT2D eigenvalue weighted by Gasteiger charge is -2.23. The van der Waals surface area contributed by atoms with E-state index in [1.165, 1.54) is 11.3 Å². The molecule has 1 unspecified atom stereocenters. The lowest BCUT2D eigenvalue weighted by molar-refractivity contribution is 0.0999. The zero-order chi connectivity index (χ0) is 11.4. The molecule has 0 aromatic heterocycles. The Kier molecular flexibility index (Phi) is 4.45. The third kappa shape index (κ3) is 3.13. The number of likely N-dealkylation sites (N-methyl/N-ethyl adjacent to an activating group) is 1. The largest absolute Gasteiger partial charge is 0.472 e. The topological polar surface area (TPSA) is 12.5 Å². The van der Waals surface area contributed by atoms with Crippen LogP contribution in [0.2, 0.25) is 0 Å². The average molecular weight is 272 g/mol. The molecule has 0 amide bonds. The molecule has 0 aliphatic carbocycles. The van der Waals surface area contributed by atoms with Gasteiger partial charge in [-0.15, -0.1) is 0 Å². The fraction of sp³-hybridized carbons (Fsp3) is 0.500. The van der Waals surface area contributed by atoms with Gasteiger partial charge >= 0.3 is 0 Å². The molecule has 0 aromatic carbocycles. The molecule has 0 fully saturated rings. The van der Waals surface area contributed by atoms with Gasteiger partial charge in [0.2, 0.25) is 0 Å². The van der Waals surface area contributed by atoms with Gasteiger partial charge < -0.3 is 9.64 Å². The Hall–Kier alpha value is -0.700. The van der Waals surface area contributed by atoms with Gasteiger partial charge in [0.15, 0.2) is 6.23 Å². The maximum atomic E-state index is 5.61. The van der Waals surface area contributed by atoms with E-state index in [0.29, 0.717) is 0 Å². The van der Waals surface area contributed by atoms with Crippen LogP contribution in [0.1, 0.15) is 27.2 Å². The quantitative estimate of drug-likeness (QED) is 0.725. The molecule has 0 aromatic rings. The van der Waals surface area contributed by atoms with Crippen molar-refractivity contribution in [2.75, 3.05) is 7.05 Å². The summed E-state index contributed by atoms with van der Waals surface area (Å²) in [6.45, 7) is 6.22. The van der Waals surface area contributed by atoms with Crippen molar-refractivity contribution in [3.05, 3.63) is 34.2 Å². The molecule has 0 spiro atoms. The molecule has 2 nitrogen and oxygen atoms in total. The number of hydrogen-bond acceptors (Lipinski definition) is 2. The fourth-order valence-corrected chi connectivity index (χ4v) is 1.59. The summed E-state index contributed by atoms with van der Waals surface area (Å²) in [5.74, 6) is 0. The highest BCUT2D eigenvalue weighted by atomic mass is 79.9. The molecule has 1 heterocycles. The Morgan fingerprint density at radius 3 is 2.67 bits per heavy atom. The zero-order valence-corrected chi connectivity index (χ0v) is 11.3. The minimum absolute atomic E-state index is 0.0677.